The Bertz CT molecular complexity index is 1080. The molecule has 0 bridgehead atoms. The van der Waals surface area contributed by atoms with Gasteiger partial charge in [-0.25, -0.2) is 0 Å². The lowest BCUT2D eigenvalue weighted by atomic mass is 10.0. The Morgan fingerprint density at radius 2 is 1.84 bits per heavy atom. The van der Waals surface area contributed by atoms with Gasteiger partial charge in [-0.05, 0) is 80.0 Å². The number of nitrogens with one attached hydrogen (secondary N) is 4. The molecule has 3 aliphatic rings. The third kappa shape index (κ3) is 4.47. The molecule has 0 unspecified atom stereocenters. The molecular weight excluding hydrogens is 402 g/mol. The quantitative estimate of drug-likeness (QED) is 0.537. The first kappa shape index (κ1) is 20.5. The van der Waals surface area contributed by atoms with E-state index in [9.17, 15) is 9.59 Å². The van der Waals surface area contributed by atoms with Crippen LogP contribution < -0.4 is 21.3 Å². The van der Waals surface area contributed by atoms with E-state index >= 15 is 0 Å². The Morgan fingerprint density at radius 3 is 2.53 bits per heavy atom. The molecule has 7 heteroatoms. The fourth-order valence-electron chi connectivity index (χ4n) is 4.14. The van der Waals surface area contributed by atoms with Crippen LogP contribution in [0, 0.1) is 0 Å². The number of carbonyl (C=O) groups excluding carboxylic acids is 2. The van der Waals surface area contributed by atoms with E-state index in [-0.39, 0.29) is 17.4 Å². The summed E-state index contributed by atoms with van der Waals surface area (Å²) in [6.07, 6.45) is 5.31. The van der Waals surface area contributed by atoms with Crippen molar-refractivity contribution in [2.75, 3.05) is 18.4 Å². The largest absolute Gasteiger partial charge is 0.355 e. The van der Waals surface area contributed by atoms with Gasteiger partial charge in [0.15, 0.2) is 5.96 Å². The van der Waals surface area contributed by atoms with Crippen LogP contribution >= 0.6 is 0 Å². The molecule has 2 aromatic carbocycles. The SMILES string of the molecule is CCC1(NC(=O)c2cccc(Nc3ccc(C(=O)N=C4NCCN4)cc3C3CC3)c2)CC1. The summed E-state index contributed by atoms with van der Waals surface area (Å²) in [5, 5.41) is 12.8. The van der Waals surface area contributed by atoms with E-state index in [0.717, 1.165) is 62.1 Å². The second kappa shape index (κ2) is 8.30. The van der Waals surface area contributed by atoms with Crippen molar-refractivity contribution >= 4 is 29.1 Å². The lowest BCUT2D eigenvalue weighted by Crippen LogP contribution is -2.36. The Balaban J connectivity index is 1.34. The highest BCUT2D eigenvalue weighted by atomic mass is 16.2. The van der Waals surface area contributed by atoms with Gasteiger partial charge in [0.2, 0.25) is 0 Å². The number of nitrogens with zero attached hydrogens (tertiary/aromatic N) is 1. The molecule has 1 aliphatic heterocycles. The molecule has 7 nitrogen and oxygen atoms in total. The fraction of sp³-hybridized carbons (Fsp3) is 0.400. The van der Waals surface area contributed by atoms with Crippen LogP contribution in [-0.4, -0.2) is 36.4 Å². The van der Waals surface area contributed by atoms with Crippen LogP contribution in [-0.2, 0) is 0 Å². The first-order valence-corrected chi connectivity index (χ1v) is 11.5. The maximum Gasteiger partial charge on any atom is 0.280 e. The fourth-order valence-corrected chi connectivity index (χ4v) is 4.14. The van der Waals surface area contributed by atoms with E-state index in [1.54, 1.807) is 0 Å². The predicted molar refractivity (Wildman–Crippen MR) is 126 cm³/mol. The van der Waals surface area contributed by atoms with Crippen LogP contribution in [0.15, 0.2) is 47.5 Å². The molecule has 4 N–H and O–H groups in total. The summed E-state index contributed by atoms with van der Waals surface area (Å²) in [6.45, 7) is 3.67. The van der Waals surface area contributed by atoms with Crippen LogP contribution in [0.2, 0.25) is 0 Å². The molecule has 0 atom stereocenters. The normalized spacial score (nSPS) is 18.3. The zero-order valence-corrected chi connectivity index (χ0v) is 18.3. The first-order chi connectivity index (χ1) is 15.5. The molecular formula is C25H29N5O2. The van der Waals surface area contributed by atoms with Gasteiger partial charge >= 0.3 is 0 Å². The number of rotatable bonds is 7. The summed E-state index contributed by atoms with van der Waals surface area (Å²) in [6, 6.07) is 13.3. The van der Waals surface area contributed by atoms with E-state index in [1.165, 1.54) is 0 Å². The summed E-state index contributed by atoms with van der Waals surface area (Å²) in [5.41, 5.74) is 4.19. The van der Waals surface area contributed by atoms with Gasteiger partial charge in [0.05, 0.1) is 0 Å². The highest BCUT2D eigenvalue weighted by Crippen LogP contribution is 2.44. The maximum absolute atomic E-state index is 12.7. The minimum atomic E-state index is -0.251. The van der Waals surface area contributed by atoms with E-state index < -0.39 is 0 Å². The smallest absolute Gasteiger partial charge is 0.280 e. The minimum Gasteiger partial charge on any atom is -0.355 e. The van der Waals surface area contributed by atoms with Gasteiger partial charge in [0, 0.05) is 41.1 Å². The number of guanidine groups is 1. The summed E-state index contributed by atoms with van der Waals surface area (Å²) < 4.78 is 0. The second-order valence-electron chi connectivity index (χ2n) is 8.99. The highest BCUT2D eigenvalue weighted by Gasteiger charge is 2.42. The second-order valence-corrected chi connectivity index (χ2v) is 8.99. The van der Waals surface area contributed by atoms with Gasteiger partial charge in [-0.2, -0.15) is 4.99 Å². The zero-order chi connectivity index (χ0) is 22.1. The molecule has 0 aromatic heterocycles. The van der Waals surface area contributed by atoms with Crippen LogP contribution in [0.4, 0.5) is 11.4 Å². The average molecular weight is 432 g/mol. The molecule has 1 heterocycles. The number of anilines is 2. The van der Waals surface area contributed by atoms with Crippen LogP contribution in [0.1, 0.15) is 71.2 Å². The number of benzene rings is 2. The summed E-state index contributed by atoms with van der Waals surface area (Å²) in [4.78, 5) is 29.5. The molecule has 2 saturated carbocycles. The van der Waals surface area contributed by atoms with Crippen molar-refractivity contribution in [1.29, 1.82) is 0 Å². The molecule has 5 rings (SSSR count). The van der Waals surface area contributed by atoms with Gasteiger partial charge in [-0.15, -0.1) is 0 Å². The standard InChI is InChI=1S/C25H29N5O2/c1-2-25(10-11-25)30-23(32)17-4-3-5-19(14-17)28-21-9-8-18(15-20(21)16-6-7-16)22(31)29-24-26-12-13-27-24/h3-5,8-9,14-16,28H,2,6-7,10-13H2,1H3,(H,30,32)(H2,26,27,29,31). The topological polar surface area (TPSA) is 94.6 Å². The molecule has 0 radical (unpaired) electrons. The lowest BCUT2D eigenvalue weighted by molar-refractivity contribution is 0.0929. The number of hydrogen-bond acceptors (Lipinski definition) is 3. The maximum atomic E-state index is 12.7. The van der Waals surface area contributed by atoms with E-state index in [0.29, 0.717) is 23.0 Å². The number of carbonyl (C=O) groups is 2. The van der Waals surface area contributed by atoms with Gasteiger partial charge in [0.1, 0.15) is 0 Å². The molecule has 166 valence electrons. The van der Waals surface area contributed by atoms with Gasteiger partial charge in [-0.3, -0.25) is 9.59 Å². The van der Waals surface area contributed by atoms with Gasteiger partial charge in [-0.1, -0.05) is 13.0 Å². The molecule has 3 fully saturated rings. The van der Waals surface area contributed by atoms with E-state index in [1.807, 2.05) is 42.5 Å². The Morgan fingerprint density at radius 1 is 1.06 bits per heavy atom. The number of hydrogen-bond donors (Lipinski definition) is 4. The predicted octanol–water partition coefficient (Wildman–Crippen LogP) is 3.67. The molecule has 1 saturated heterocycles. The molecule has 32 heavy (non-hydrogen) atoms. The summed E-state index contributed by atoms with van der Waals surface area (Å²) >= 11 is 0. The third-order valence-corrected chi connectivity index (χ3v) is 6.55. The summed E-state index contributed by atoms with van der Waals surface area (Å²) in [5.74, 6) is 0.714. The van der Waals surface area contributed by atoms with Crippen molar-refractivity contribution < 1.29 is 9.59 Å². The van der Waals surface area contributed by atoms with Crippen molar-refractivity contribution in [1.82, 2.24) is 16.0 Å². The molecule has 2 aromatic rings. The van der Waals surface area contributed by atoms with Gasteiger partial charge < -0.3 is 21.3 Å². The van der Waals surface area contributed by atoms with Crippen molar-refractivity contribution in [2.24, 2.45) is 4.99 Å². The van der Waals surface area contributed by atoms with Crippen molar-refractivity contribution in [3.63, 3.8) is 0 Å². The summed E-state index contributed by atoms with van der Waals surface area (Å²) in [7, 11) is 0. The zero-order valence-electron chi connectivity index (χ0n) is 18.3. The number of amides is 2. The van der Waals surface area contributed by atoms with Gasteiger partial charge in [0.25, 0.3) is 11.8 Å². The Kier molecular flexibility index (Phi) is 5.33. The van der Waals surface area contributed by atoms with Crippen LogP contribution in [0.3, 0.4) is 0 Å². The molecule has 2 amide bonds. The van der Waals surface area contributed by atoms with Crippen LogP contribution in [0.25, 0.3) is 0 Å². The Labute approximate surface area is 188 Å². The van der Waals surface area contributed by atoms with Crippen LogP contribution in [0.5, 0.6) is 0 Å². The lowest BCUT2D eigenvalue weighted by Gasteiger charge is -2.16. The third-order valence-electron chi connectivity index (χ3n) is 6.55. The monoisotopic (exact) mass is 431 g/mol. The average Bonchev–Trinajstić information content (AvgIpc) is 3.73. The highest BCUT2D eigenvalue weighted by molar-refractivity contribution is 6.03. The van der Waals surface area contributed by atoms with E-state index in [2.05, 4.69) is 33.2 Å². The van der Waals surface area contributed by atoms with E-state index in [4.69, 9.17) is 0 Å². The molecule has 0 spiro atoms. The minimum absolute atomic E-state index is 0.00506. The number of aliphatic imine (C=N–C) groups is 1. The molecule has 2 aliphatic carbocycles. The van der Waals surface area contributed by atoms with Crippen molar-refractivity contribution in [3.05, 3.63) is 59.2 Å². The first-order valence-electron chi connectivity index (χ1n) is 11.5. The Hall–Kier alpha value is -3.35. The van der Waals surface area contributed by atoms with Crippen molar-refractivity contribution in [3.8, 4) is 0 Å². The van der Waals surface area contributed by atoms with Crippen molar-refractivity contribution in [2.45, 2.75) is 50.5 Å².